The number of amides is 2. The fraction of sp³-hybridized carbons (Fsp3) is 0.467. The number of hydrogen-bond donors (Lipinski definition) is 2. The van der Waals surface area contributed by atoms with Crippen molar-refractivity contribution >= 4 is 17.7 Å². The van der Waals surface area contributed by atoms with Crippen molar-refractivity contribution in [2.45, 2.75) is 19.3 Å². The lowest BCUT2D eigenvalue weighted by atomic mass is 9.91. The van der Waals surface area contributed by atoms with E-state index in [9.17, 15) is 14.0 Å². The van der Waals surface area contributed by atoms with Crippen molar-refractivity contribution in [3.05, 3.63) is 30.1 Å². The van der Waals surface area contributed by atoms with Crippen LogP contribution >= 0.6 is 0 Å². The minimum Gasteiger partial charge on any atom is -0.465 e. The van der Waals surface area contributed by atoms with Crippen LogP contribution in [0, 0.1) is 17.2 Å². The van der Waals surface area contributed by atoms with Gasteiger partial charge in [-0.2, -0.15) is 0 Å². The van der Waals surface area contributed by atoms with Crippen molar-refractivity contribution in [1.29, 1.82) is 0 Å². The number of carbonyl (C=O) groups excluding carboxylic acids is 1. The number of carboxylic acid groups (broad SMARTS) is 1. The van der Waals surface area contributed by atoms with Gasteiger partial charge < -0.3 is 15.3 Å². The highest BCUT2D eigenvalue weighted by Crippen LogP contribution is 2.59. The predicted molar refractivity (Wildman–Crippen MR) is 74.4 cm³/mol. The molecule has 1 saturated carbocycles. The van der Waals surface area contributed by atoms with Crippen LogP contribution < -0.4 is 5.32 Å². The van der Waals surface area contributed by atoms with Crippen molar-refractivity contribution in [3.63, 3.8) is 0 Å². The molecule has 2 amide bonds. The quantitative estimate of drug-likeness (QED) is 0.880. The van der Waals surface area contributed by atoms with Gasteiger partial charge in [0.2, 0.25) is 5.91 Å². The van der Waals surface area contributed by atoms with Crippen LogP contribution in [0.4, 0.5) is 14.9 Å². The first kappa shape index (κ1) is 13.9. The van der Waals surface area contributed by atoms with E-state index in [1.165, 1.54) is 17.0 Å². The van der Waals surface area contributed by atoms with Gasteiger partial charge in [-0.1, -0.05) is 6.07 Å². The molecule has 0 aromatic heterocycles. The Morgan fingerprint density at radius 3 is 2.67 bits per heavy atom. The van der Waals surface area contributed by atoms with E-state index in [0.717, 1.165) is 19.3 Å². The molecule has 2 aliphatic rings. The Kier molecular flexibility index (Phi) is 3.31. The predicted octanol–water partition coefficient (Wildman–Crippen LogP) is 2.54. The molecule has 1 spiro atoms. The Labute approximate surface area is 121 Å². The summed E-state index contributed by atoms with van der Waals surface area (Å²) in [6.45, 7) is 0.970. The van der Waals surface area contributed by atoms with Crippen LogP contribution in [0.1, 0.15) is 19.3 Å². The van der Waals surface area contributed by atoms with Gasteiger partial charge in [0.05, 0.1) is 0 Å². The van der Waals surface area contributed by atoms with Gasteiger partial charge in [0.15, 0.2) is 0 Å². The molecule has 1 aromatic rings. The lowest BCUT2D eigenvalue weighted by Gasteiger charge is -2.30. The lowest BCUT2D eigenvalue weighted by molar-refractivity contribution is -0.118. The van der Waals surface area contributed by atoms with Crippen LogP contribution in [0.3, 0.4) is 0 Å². The second kappa shape index (κ2) is 5.02. The standard InChI is InChI=1S/C15H17FN2O3/c16-10-2-1-3-11(8-10)17-13(19)12-9-15(12)4-6-18(7-5-15)14(20)21/h1-3,8,12H,4-7,9H2,(H,17,19)(H,20,21). The number of likely N-dealkylation sites (tertiary alicyclic amines) is 1. The zero-order chi connectivity index (χ0) is 15.0. The van der Waals surface area contributed by atoms with E-state index in [1.54, 1.807) is 12.1 Å². The Morgan fingerprint density at radius 1 is 1.33 bits per heavy atom. The first-order valence-corrected chi connectivity index (χ1v) is 7.04. The third kappa shape index (κ3) is 2.70. The maximum atomic E-state index is 13.1. The van der Waals surface area contributed by atoms with Gasteiger partial charge in [-0.3, -0.25) is 4.79 Å². The molecule has 3 rings (SSSR count). The zero-order valence-corrected chi connectivity index (χ0v) is 11.5. The van der Waals surface area contributed by atoms with Gasteiger partial charge in [-0.25, -0.2) is 9.18 Å². The molecular formula is C15H17FN2O3. The molecule has 2 N–H and O–H groups in total. The molecule has 0 radical (unpaired) electrons. The summed E-state index contributed by atoms with van der Waals surface area (Å²) in [5, 5.41) is 11.7. The molecule has 5 nitrogen and oxygen atoms in total. The summed E-state index contributed by atoms with van der Waals surface area (Å²) in [5.74, 6) is -0.561. The van der Waals surface area contributed by atoms with E-state index in [4.69, 9.17) is 5.11 Å². The summed E-state index contributed by atoms with van der Waals surface area (Å²) in [6, 6.07) is 5.83. The van der Waals surface area contributed by atoms with Gasteiger partial charge in [-0.15, -0.1) is 0 Å². The van der Waals surface area contributed by atoms with Crippen molar-refractivity contribution in [1.82, 2.24) is 4.90 Å². The third-order valence-electron chi connectivity index (χ3n) is 4.63. The number of piperidine rings is 1. The summed E-state index contributed by atoms with van der Waals surface area (Å²) >= 11 is 0. The molecule has 112 valence electrons. The molecule has 1 aliphatic heterocycles. The Balaban J connectivity index is 1.58. The number of nitrogens with one attached hydrogen (secondary N) is 1. The summed E-state index contributed by atoms with van der Waals surface area (Å²) < 4.78 is 13.1. The summed E-state index contributed by atoms with van der Waals surface area (Å²) in [4.78, 5) is 24.5. The number of carbonyl (C=O) groups is 2. The van der Waals surface area contributed by atoms with Gasteiger partial charge in [0.1, 0.15) is 5.82 Å². The average Bonchev–Trinajstić information content (AvgIpc) is 3.13. The molecule has 0 bridgehead atoms. The largest absolute Gasteiger partial charge is 0.465 e. The summed E-state index contributed by atoms with van der Waals surface area (Å²) in [7, 11) is 0. The molecule has 1 heterocycles. The van der Waals surface area contributed by atoms with E-state index >= 15 is 0 Å². The maximum Gasteiger partial charge on any atom is 0.407 e. The highest BCUT2D eigenvalue weighted by molar-refractivity contribution is 5.95. The van der Waals surface area contributed by atoms with E-state index in [1.807, 2.05) is 0 Å². The van der Waals surface area contributed by atoms with Gasteiger partial charge in [-0.05, 0) is 42.9 Å². The molecule has 1 aromatic carbocycles. The van der Waals surface area contributed by atoms with Crippen LogP contribution in [-0.4, -0.2) is 35.1 Å². The second-order valence-electron chi connectivity index (χ2n) is 5.89. The van der Waals surface area contributed by atoms with Gasteiger partial charge in [0.25, 0.3) is 0 Å². The molecule has 6 heteroatoms. The lowest BCUT2D eigenvalue weighted by Crippen LogP contribution is -2.39. The van der Waals surface area contributed by atoms with E-state index in [2.05, 4.69) is 5.32 Å². The van der Waals surface area contributed by atoms with Crippen LogP contribution in [0.2, 0.25) is 0 Å². The Bertz CT molecular complexity index is 582. The fourth-order valence-corrected chi connectivity index (χ4v) is 3.21. The highest BCUT2D eigenvalue weighted by Gasteiger charge is 2.58. The number of nitrogens with zero attached hydrogens (tertiary/aromatic N) is 1. The number of rotatable bonds is 2. The molecular weight excluding hydrogens is 275 g/mol. The Hall–Kier alpha value is -2.11. The molecule has 2 fully saturated rings. The van der Waals surface area contributed by atoms with E-state index in [-0.39, 0.29) is 23.1 Å². The zero-order valence-electron chi connectivity index (χ0n) is 11.5. The second-order valence-corrected chi connectivity index (χ2v) is 5.89. The SMILES string of the molecule is O=C(Nc1cccc(F)c1)C1CC12CCN(C(=O)O)CC2. The normalized spacial score (nSPS) is 22.9. The van der Waals surface area contributed by atoms with Crippen LogP contribution in [0.5, 0.6) is 0 Å². The third-order valence-corrected chi connectivity index (χ3v) is 4.63. The number of benzene rings is 1. The topological polar surface area (TPSA) is 69.6 Å². The molecule has 1 aliphatic carbocycles. The van der Waals surface area contributed by atoms with E-state index in [0.29, 0.717) is 18.8 Å². The number of hydrogen-bond acceptors (Lipinski definition) is 2. The first-order chi connectivity index (χ1) is 10.00. The molecule has 1 saturated heterocycles. The van der Waals surface area contributed by atoms with Gasteiger partial charge in [0, 0.05) is 24.7 Å². The van der Waals surface area contributed by atoms with Gasteiger partial charge >= 0.3 is 6.09 Å². The monoisotopic (exact) mass is 292 g/mol. The van der Waals surface area contributed by atoms with Crippen LogP contribution in [0.25, 0.3) is 0 Å². The van der Waals surface area contributed by atoms with Crippen LogP contribution in [-0.2, 0) is 4.79 Å². The fourth-order valence-electron chi connectivity index (χ4n) is 3.21. The number of anilines is 1. The van der Waals surface area contributed by atoms with Crippen molar-refractivity contribution in [3.8, 4) is 0 Å². The Morgan fingerprint density at radius 2 is 2.05 bits per heavy atom. The molecule has 21 heavy (non-hydrogen) atoms. The minimum atomic E-state index is -0.897. The first-order valence-electron chi connectivity index (χ1n) is 7.04. The van der Waals surface area contributed by atoms with Crippen molar-refractivity contribution in [2.24, 2.45) is 11.3 Å². The molecule has 1 unspecified atom stereocenters. The van der Waals surface area contributed by atoms with E-state index < -0.39 is 6.09 Å². The summed E-state index contributed by atoms with van der Waals surface area (Å²) in [6.07, 6.45) is 1.34. The van der Waals surface area contributed by atoms with Crippen LogP contribution in [0.15, 0.2) is 24.3 Å². The van der Waals surface area contributed by atoms with Crippen molar-refractivity contribution in [2.75, 3.05) is 18.4 Å². The number of halogens is 1. The van der Waals surface area contributed by atoms with Crippen molar-refractivity contribution < 1.29 is 19.1 Å². The molecule has 1 atom stereocenters. The smallest absolute Gasteiger partial charge is 0.407 e. The minimum absolute atomic E-state index is 0.0522. The maximum absolute atomic E-state index is 13.1. The summed E-state index contributed by atoms with van der Waals surface area (Å²) in [5.41, 5.74) is 0.411. The highest BCUT2D eigenvalue weighted by atomic mass is 19.1. The average molecular weight is 292 g/mol.